The molecule has 0 amide bonds. The van der Waals surface area contributed by atoms with Gasteiger partial charge in [-0.25, -0.2) is 0 Å². The Balaban J connectivity index is 1.54. The predicted molar refractivity (Wildman–Crippen MR) is 126 cm³/mol. The largest absolute Gasteiger partial charge is 0.325 e. The summed E-state index contributed by atoms with van der Waals surface area (Å²) in [6.45, 7) is 4.70. The van der Waals surface area contributed by atoms with Crippen molar-refractivity contribution >= 4 is 10.8 Å². The van der Waals surface area contributed by atoms with Crippen LogP contribution in [0.15, 0.2) is 42.5 Å². The minimum atomic E-state index is 1.09. The lowest BCUT2D eigenvalue weighted by molar-refractivity contribution is -0.903. The summed E-state index contributed by atoms with van der Waals surface area (Å²) in [5.74, 6) is 0. The minimum absolute atomic E-state index is 1.09. The number of quaternary nitrogens is 1. The van der Waals surface area contributed by atoms with Crippen LogP contribution in [-0.2, 0) is 6.54 Å². The number of unbranched alkanes of at least 4 members (excludes halogenated alkanes) is 11. The van der Waals surface area contributed by atoms with E-state index in [-0.39, 0.29) is 0 Å². The van der Waals surface area contributed by atoms with Gasteiger partial charge in [0.1, 0.15) is 6.54 Å². The monoisotopic (exact) mass is 382 g/mol. The second kappa shape index (κ2) is 13.0. The fourth-order valence-corrected chi connectivity index (χ4v) is 4.29. The SMILES string of the molecule is CCCCCCCCCCCCCC[N+](C)(C)Cc1ccc2ccccc2c1. The van der Waals surface area contributed by atoms with Gasteiger partial charge in [0.15, 0.2) is 0 Å². The molecule has 0 aliphatic rings. The standard InChI is InChI=1S/C27H44N/c1-4-5-6-7-8-9-10-11-12-13-14-17-22-28(2,3)24-25-20-21-26-18-15-16-19-27(26)23-25/h15-16,18-21,23H,4-14,17,22,24H2,1-3H3/q+1. The Morgan fingerprint density at radius 3 is 1.75 bits per heavy atom. The molecule has 156 valence electrons. The maximum Gasteiger partial charge on any atom is 0.104 e. The van der Waals surface area contributed by atoms with Gasteiger partial charge in [-0.2, -0.15) is 0 Å². The topological polar surface area (TPSA) is 0 Å². The first kappa shape index (κ1) is 22.9. The van der Waals surface area contributed by atoms with Crippen LogP contribution >= 0.6 is 0 Å². The van der Waals surface area contributed by atoms with Crippen molar-refractivity contribution < 1.29 is 4.48 Å². The van der Waals surface area contributed by atoms with E-state index in [1.165, 1.54) is 99.9 Å². The van der Waals surface area contributed by atoms with E-state index in [4.69, 9.17) is 0 Å². The molecule has 0 spiro atoms. The molecule has 0 aromatic heterocycles. The van der Waals surface area contributed by atoms with Crippen LogP contribution in [0.4, 0.5) is 0 Å². The highest BCUT2D eigenvalue weighted by Gasteiger charge is 2.15. The molecule has 0 heterocycles. The molecule has 0 atom stereocenters. The summed E-state index contributed by atoms with van der Waals surface area (Å²) in [4.78, 5) is 0. The summed E-state index contributed by atoms with van der Waals surface area (Å²) in [5, 5.41) is 2.71. The van der Waals surface area contributed by atoms with Crippen molar-refractivity contribution in [1.82, 2.24) is 0 Å². The molecule has 28 heavy (non-hydrogen) atoms. The third-order valence-electron chi connectivity index (χ3n) is 6.04. The van der Waals surface area contributed by atoms with Crippen molar-refractivity contribution in [3.05, 3.63) is 48.0 Å². The fraction of sp³-hybridized carbons (Fsp3) is 0.630. The number of nitrogens with zero attached hydrogens (tertiary/aromatic N) is 1. The zero-order chi connectivity index (χ0) is 20.1. The second-order valence-electron chi connectivity index (χ2n) is 9.39. The molecule has 0 unspecified atom stereocenters. The number of fused-ring (bicyclic) bond motifs is 1. The Morgan fingerprint density at radius 2 is 1.14 bits per heavy atom. The molecule has 0 bridgehead atoms. The zero-order valence-electron chi connectivity index (χ0n) is 18.9. The van der Waals surface area contributed by atoms with Crippen LogP contribution in [0.25, 0.3) is 10.8 Å². The third-order valence-corrected chi connectivity index (χ3v) is 6.04. The Bertz CT molecular complexity index is 658. The number of benzene rings is 2. The molecule has 0 radical (unpaired) electrons. The molecule has 0 aliphatic heterocycles. The predicted octanol–water partition coefficient (Wildman–Crippen LogP) is 8.12. The lowest BCUT2D eigenvalue weighted by atomic mass is 10.0. The Kier molecular flexibility index (Phi) is 10.6. The van der Waals surface area contributed by atoms with Crippen LogP contribution in [0, 0.1) is 0 Å². The highest BCUT2D eigenvalue weighted by atomic mass is 15.3. The van der Waals surface area contributed by atoms with Crippen molar-refractivity contribution in [3.8, 4) is 0 Å². The van der Waals surface area contributed by atoms with Gasteiger partial charge in [0.25, 0.3) is 0 Å². The number of hydrogen-bond acceptors (Lipinski definition) is 0. The van der Waals surface area contributed by atoms with E-state index < -0.39 is 0 Å². The molecule has 2 aromatic rings. The highest BCUT2D eigenvalue weighted by molar-refractivity contribution is 5.82. The number of hydrogen-bond donors (Lipinski definition) is 0. The molecule has 0 N–H and O–H groups in total. The quantitative estimate of drug-likeness (QED) is 0.215. The van der Waals surface area contributed by atoms with Crippen molar-refractivity contribution in [3.63, 3.8) is 0 Å². The third kappa shape index (κ3) is 9.24. The van der Waals surface area contributed by atoms with E-state index in [2.05, 4.69) is 63.5 Å². The molecule has 0 saturated carbocycles. The van der Waals surface area contributed by atoms with E-state index in [9.17, 15) is 0 Å². The van der Waals surface area contributed by atoms with E-state index in [0.29, 0.717) is 0 Å². The maximum atomic E-state index is 2.38. The van der Waals surface area contributed by atoms with Crippen molar-refractivity contribution in [2.24, 2.45) is 0 Å². The van der Waals surface area contributed by atoms with E-state index in [1.807, 2.05) is 0 Å². The fourth-order valence-electron chi connectivity index (χ4n) is 4.29. The Morgan fingerprint density at radius 1 is 0.607 bits per heavy atom. The first-order valence-corrected chi connectivity index (χ1v) is 11.9. The van der Waals surface area contributed by atoms with Crippen molar-refractivity contribution in [1.29, 1.82) is 0 Å². The summed E-state index contributed by atoms with van der Waals surface area (Å²) >= 11 is 0. The van der Waals surface area contributed by atoms with Gasteiger partial charge in [-0.15, -0.1) is 0 Å². The Hall–Kier alpha value is -1.34. The minimum Gasteiger partial charge on any atom is -0.325 e. The van der Waals surface area contributed by atoms with Gasteiger partial charge in [0, 0.05) is 5.56 Å². The van der Waals surface area contributed by atoms with Crippen LogP contribution in [0.2, 0.25) is 0 Å². The van der Waals surface area contributed by atoms with Gasteiger partial charge < -0.3 is 4.48 Å². The lowest BCUT2D eigenvalue weighted by Gasteiger charge is -2.30. The van der Waals surface area contributed by atoms with E-state index in [0.717, 1.165) is 11.0 Å². The van der Waals surface area contributed by atoms with Crippen molar-refractivity contribution in [2.75, 3.05) is 20.6 Å². The van der Waals surface area contributed by atoms with E-state index >= 15 is 0 Å². The Labute approximate surface area is 174 Å². The van der Waals surface area contributed by atoms with Crippen molar-refractivity contribution in [2.45, 2.75) is 90.5 Å². The van der Waals surface area contributed by atoms with Crippen LogP contribution < -0.4 is 0 Å². The first-order valence-electron chi connectivity index (χ1n) is 11.9. The molecular weight excluding hydrogens is 338 g/mol. The summed E-state index contributed by atoms with van der Waals surface area (Å²) in [5.41, 5.74) is 1.46. The molecule has 0 aliphatic carbocycles. The zero-order valence-corrected chi connectivity index (χ0v) is 18.9. The van der Waals surface area contributed by atoms with E-state index in [1.54, 1.807) is 0 Å². The van der Waals surface area contributed by atoms with Gasteiger partial charge in [0.05, 0.1) is 20.6 Å². The molecule has 0 fully saturated rings. The molecule has 1 heteroatoms. The molecule has 1 nitrogen and oxygen atoms in total. The van der Waals surface area contributed by atoms with Gasteiger partial charge in [-0.05, 0) is 29.7 Å². The average Bonchev–Trinajstić information content (AvgIpc) is 2.68. The summed E-state index contributed by atoms with van der Waals surface area (Å²) in [6, 6.07) is 15.6. The highest BCUT2D eigenvalue weighted by Crippen LogP contribution is 2.19. The molecule has 2 aromatic carbocycles. The second-order valence-corrected chi connectivity index (χ2v) is 9.39. The number of rotatable bonds is 15. The smallest absolute Gasteiger partial charge is 0.104 e. The van der Waals surface area contributed by atoms with Gasteiger partial charge in [-0.3, -0.25) is 0 Å². The van der Waals surface area contributed by atoms with Crippen LogP contribution in [0.5, 0.6) is 0 Å². The molecule has 2 rings (SSSR count). The molecule has 0 saturated heterocycles. The van der Waals surface area contributed by atoms with Crippen LogP contribution in [-0.4, -0.2) is 25.1 Å². The van der Waals surface area contributed by atoms with Gasteiger partial charge >= 0.3 is 0 Å². The maximum absolute atomic E-state index is 2.38. The molecular formula is C27H44N+. The lowest BCUT2D eigenvalue weighted by Crippen LogP contribution is -2.39. The average molecular weight is 383 g/mol. The normalized spacial score (nSPS) is 12.0. The van der Waals surface area contributed by atoms with Gasteiger partial charge in [-0.1, -0.05) is 108 Å². The summed E-state index contributed by atoms with van der Waals surface area (Å²) < 4.78 is 1.09. The van der Waals surface area contributed by atoms with Crippen LogP contribution in [0.1, 0.15) is 89.5 Å². The first-order chi connectivity index (χ1) is 13.6. The summed E-state index contributed by atoms with van der Waals surface area (Å²) in [7, 11) is 4.77. The van der Waals surface area contributed by atoms with Crippen LogP contribution in [0.3, 0.4) is 0 Å². The summed E-state index contributed by atoms with van der Waals surface area (Å²) in [6.07, 6.45) is 17.1. The van der Waals surface area contributed by atoms with Gasteiger partial charge in [0.2, 0.25) is 0 Å².